The average Bonchev–Trinajstić information content (AvgIpc) is 2.93. The SMILES string of the molecule is CCNc1nc(OCCCO)nc(-n2cccn2)n1. The van der Waals surface area contributed by atoms with E-state index >= 15 is 0 Å². The molecule has 2 N–H and O–H groups in total. The molecule has 0 spiro atoms. The van der Waals surface area contributed by atoms with Crippen molar-refractivity contribution in [1.29, 1.82) is 0 Å². The van der Waals surface area contributed by atoms with Gasteiger partial charge in [0.1, 0.15) is 0 Å². The highest BCUT2D eigenvalue weighted by atomic mass is 16.5. The van der Waals surface area contributed by atoms with Crippen molar-refractivity contribution in [2.75, 3.05) is 25.1 Å². The topological polar surface area (TPSA) is 98.0 Å². The van der Waals surface area contributed by atoms with Gasteiger partial charge in [0.25, 0.3) is 5.95 Å². The van der Waals surface area contributed by atoms with Crippen LogP contribution in [0.4, 0.5) is 5.95 Å². The molecule has 0 bridgehead atoms. The van der Waals surface area contributed by atoms with Crippen molar-refractivity contribution in [1.82, 2.24) is 24.7 Å². The maximum absolute atomic E-state index is 8.73. The molecule has 2 heterocycles. The number of aromatic nitrogens is 5. The van der Waals surface area contributed by atoms with Crippen LogP contribution in [0.2, 0.25) is 0 Å². The van der Waals surface area contributed by atoms with E-state index in [-0.39, 0.29) is 12.6 Å². The summed E-state index contributed by atoms with van der Waals surface area (Å²) in [5.74, 6) is 0.817. The Morgan fingerprint density at radius 3 is 2.95 bits per heavy atom. The summed E-state index contributed by atoms with van der Waals surface area (Å²) in [7, 11) is 0. The molecule has 2 aromatic rings. The van der Waals surface area contributed by atoms with Crippen LogP contribution in [0.15, 0.2) is 18.5 Å². The molecule has 8 nitrogen and oxygen atoms in total. The Morgan fingerprint density at radius 2 is 2.26 bits per heavy atom. The first-order valence-electron chi connectivity index (χ1n) is 6.07. The van der Waals surface area contributed by atoms with Gasteiger partial charge in [-0.15, -0.1) is 0 Å². The lowest BCUT2D eigenvalue weighted by atomic mass is 10.5. The van der Waals surface area contributed by atoms with Gasteiger partial charge in [0.15, 0.2) is 0 Å². The van der Waals surface area contributed by atoms with Crippen molar-refractivity contribution in [3.8, 4) is 12.0 Å². The summed E-state index contributed by atoms with van der Waals surface area (Å²) in [6.07, 6.45) is 3.91. The van der Waals surface area contributed by atoms with Gasteiger partial charge in [-0.3, -0.25) is 0 Å². The number of hydrogen-bond donors (Lipinski definition) is 2. The van der Waals surface area contributed by atoms with Gasteiger partial charge >= 0.3 is 6.01 Å². The van der Waals surface area contributed by atoms with E-state index in [9.17, 15) is 0 Å². The number of ether oxygens (including phenoxy) is 1. The Hall–Kier alpha value is -2.22. The Balaban J connectivity index is 2.22. The molecule has 0 atom stereocenters. The van der Waals surface area contributed by atoms with Gasteiger partial charge in [0, 0.05) is 32.0 Å². The number of nitrogens with zero attached hydrogens (tertiary/aromatic N) is 5. The van der Waals surface area contributed by atoms with E-state index in [4.69, 9.17) is 9.84 Å². The average molecular weight is 264 g/mol. The monoisotopic (exact) mass is 264 g/mol. The second kappa shape index (κ2) is 6.64. The quantitative estimate of drug-likeness (QED) is 0.692. The van der Waals surface area contributed by atoms with Crippen molar-refractivity contribution in [3.05, 3.63) is 18.5 Å². The maximum Gasteiger partial charge on any atom is 0.323 e. The van der Waals surface area contributed by atoms with Gasteiger partial charge in [-0.05, 0) is 13.0 Å². The second-order valence-corrected chi connectivity index (χ2v) is 3.65. The van der Waals surface area contributed by atoms with Crippen molar-refractivity contribution >= 4 is 5.95 Å². The van der Waals surface area contributed by atoms with Crippen LogP contribution in [-0.4, -0.2) is 49.6 Å². The molecule has 102 valence electrons. The third-order valence-corrected chi connectivity index (χ3v) is 2.18. The zero-order chi connectivity index (χ0) is 13.5. The summed E-state index contributed by atoms with van der Waals surface area (Å²) in [5, 5.41) is 15.8. The smallest absolute Gasteiger partial charge is 0.323 e. The summed E-state index contributed by atoms with van der Waals surface area (Å²) < 4.78 is 6.90. The third-order valence-electron chi connectivity index (χ3n) is 2.18. The minimum absolute atomic E-state index is 0.0666. The molecule has 0 fully saturated rings. The van der Waals surface area contributed by atoms with E-state index in [1.807, 2.05) is 6.92 Å². The molecule has 0 radical (unpaired) electrons. The Bertz CT molecular complexity index is 502. The van der Waals surface area contributed by atoms with Crippen LogP contribution in [0.25, 0.3) is 5.95 Å². The van der Waals surface area contributed by atoms with Crippen molar-refractivity contribution < 1.29 is 9.84 Å². The third kappa shape index (κ3) is 3.62. The summed E-state index contributed by atoms with van der Waals surface area (Å²) in [6.45, 7) is 3.06. The van der Waals surface area contributed by atoms with Crippen LogP contribution in [0.3, 0.4) is 0 Å². The van der Waals surface area contributed by atoms with Gasteiger partial charge in [0.2, 0.25) is 5.95 Å². The van der Waals surface area contributed by atoms with Gasteiger partial charge < -0.3 is 15.2 Å². The predicted molar refractivity (Wildman–Crippen MR) is 68.3 cm³/mol. The van der Waals surface area contributed by atoms with Crippen LogP contribution in [0, 0.1) is 0 Å². The molecule has 0 aliphatic rings. The number of rotatable bonds is 7. The molecule has 0 saturated carbocycles. The molecule has 2 aromatic heterocycles. The molecule has 0 aromatic carbocycles. The number of hydrogen-bond acceptors (Lipinski definition) is 7. The molecular weight excluding hydrogens is 248 g/mol. The van der Waals surface area contributed by atoms with Crippen LogP contribution >= 0.6 is 0 Å². The fourth-order valence-corrected chi connectivity index (χ4v) is 1.37. The Morgan fingerprint density at radius 1 is 1.37 bits per heavy atom. The highest BCUT2D eigenvalue weighted by Gasteiger charge is 2.08. The first-order valence-corrected chi connectivity index (χ1v) is 6.07. The highest BCUT2D eigenvalue weighted by molar-refractivity contribution is 5.29. The fourth-order valence-electron chi connectivity index (χ4n) is 1.37. The number of nitrogens with one attached hydrogen (secondary N) is 1. The van der Waals surface area contributed by atoms with E-state index in [0.717, 1.165) is 0 Å². The van der Waals surface area contributed by atoms with Crippen molar-refractivity contribution in [2.45, 2.75) is 13.3 Å². The first-order chi connectivity index (χ1) is 9.33. The molecule has 0 unspecified atom stereocenters. The van der Waals surface area contributed by atoms with E-state index in [1.165, 1.54) is 4.68 Å². The van der Waals surface area contributed by atoms with Crippen LogP contribution in [0.1, 0.15) is 13.3 Å². The first kappa shape index (κ1) is 13.2. The molecule has 0 amide bonds. The molecule has 2 rings (SSSR count). The molecule has 0 aliphatic carbocycles. The summed E-state index contributed by atoms with van der Waals surface area (Å²) >= 11 is 0. The van der Waals surface area contributed by atoms with E-state index in [0.29, 0.717) is 31.5 Å². The lowest BCUT2D eigenvalue weighted by Crippen LogP contribution is -2.11. The summed E-state index contributed by atoms with van der Waals surface area (Å²) in [5.41, 5.74) is 0. The van der Waals surface area contributed by atoms with Crippen LogP contribution in [0.5, 0.6) is 6.01 Å². The van der Waals surface area contributed by atoms with Gasteiger partial charge in [-0.25, -0.2) is 4.68 Å². The molecular formula is C11H16N6O2. The zero-order valence-electron chi connectivity index (χ0n) is 10.7. The molecule has 0 saturated heterocycles. The van der Waals surface area contributed by atoms with E-state index in [1.54, 1.807) is 18.5 Å². The Labute approximate surface area is 110 Å². The minimum atomic E-state index is 0.0666. The Kier molecular flexibility index (Phi) is 4.62. The minimum Gasteiger partial charge on any atom is -0.463 e. The summed E-state index contributed by atoms with van der Waals surface area (Å²) in [6, 6.07) is 1.99. The predicted octanol–water partition coefficient (Wildman–Crippen LogP) is 0.250. The highest BCUT2D eigenvalue weighted by Crippen LogP contribution is 2.10. The largest absolute Gasteiger partial charge is 0.463 e. The second-order valence-electron chi connectivity index (χ2n) is 3.65. The van der Waals surface area contributed by atoms with E-state index in [2.05, 4.69) is 25.4 Å². The molecule has 8 heteroatoms. The normalized spacial score (nSPS) is 10.4. The fraction of sp³-hybridized carbons (Fsp3) is 0.455. The number of aliphatic hydroxyl groups is 1. The number of aliphatic hydroxyl groups excluding tert-OH is 1. The standard InChI is InChI=1S/C11H16N6O2/c1-2-12-9-14-10(17-6-3-5-13-17)16-11(15-9)19-8-4-7-18/h3,5-6,18H,2,4,7-8H2,1H3,(H,12,14,15,16). The van der Waals surface area contributed by atoms with Crippen LogP contribution < -0.4 is 10.1 Å². The van der Waals surface area contributed by atoms with Crippen molar-refractivity contribution in [2.24, 2.45) is 0 Å². The summed E-state index contributed by atoms with van der Waals surface area (Å²) in [4.78, 5) is 12.5. The zero-order valence-corrected chi connectivity index (χ0v) is 10.7. The lowest BCUT2D eigenvalue weighted by molar-refractivity contribution is 0.224. The maximum atomic E-state index is 8.73. The van der Waals surface area contributed by atoms with Crippen molar-refractivity contribution in [3.63, 3.8) is 0 Å². The van der Waals surface area contributed by atoms with Gasteiger partial charge in [0.05, 0.1) is 6.61 Å². The molecule has 0 aliphatic heterocycles. The van der Waals surface area contributed by atoms with E-state index < -0.39 is 0 Å². The number of anilines is 1. The molecule has 19 heavy (non-hydrogen) atoms. The van der Waals surface area contributed by atoms with Gasteiger partial charge in [-0.1, -0.05) is 0 Å². The van der Waals surface area contributed by atoms with Crippen LogP contribution in [-0.2, 0) is 0 Å². The lowest BCUT2D eigenvalue weighted by Gasteiger charge is -2.08. The van der Waals surface area contributed by atoms with Gasteiger partial charge in [-0.2, -0.15) is 20.1 Å².